The first-order valence-corrected chi connectivity index (χ1v) is 6.57. The number of carbonyl (C=O) groups excluding carboxylic acids is 1. The summed E-state index contributed by atoms with van der Waals surface area (Å²) < 4.78 is 2.04. The summed E-state index contributed by atoms with van der Waals surface area (Å²) in [6.07, 6.45) is 1.46. The van der Waals surface area contributed by atoms with Gasteiger partial charge in [0.2, 0.25) is 5.91 Å². The lowest BCUT2D eigenvalue weighted by Gasteiger charge is -2.24. The standard InChI is InChI=1S/C14H21N5O/c1-8-9(2)19(6-14(3,4)13(20)16-5)12-10(8)11(15)17-7-18-12/h7H,6H2,1-5H3,(H,16,20)(H2,15,17,18). The third-order valence-corrected chi connectivity index (χ3v) is 3.83. The minimum atomic E-state index is -0.530. The van der Waals surface area contributed by atoms with Gasteiger partial charge in [0.1, 0.15) is 17.8 Å². The molecular weight excluding hydrogens is 254 g/mol. The van der Waals surface area contributed by atoms with Crippen LogP contribution >= 0.6 is 0 Å². The van der Waals surface area contributed by atoms with Crippen molar-refractivity contribution in [3.05, 3.63) is 17.6 Å². The van der Waals surface area contributed by atoms with Gasteiger partial charge in [0, 0.05) is 19.3 Å². The molecule has 20 heavy (non-hydrogen) atoms. The molecule has 0 radical (unpaired) electrons. The van der Waals surface area contributed by atoms with E-state index >= 15 is 0 Å². The van der Waals surface area contributed by atoms with Crippen LogP contribution in [0.1, 0.15) is 25.1 Å². The Balaban J connectivity index is 2.59. The number of amides is 1. The molecule has 2 rings (SSSR count). The summed E-state index contributed by atoms with van der Waals surface area (Å²) in [4.78, 5) is 20.4. The maximum absolute atomic E-state index is 12.0. The molecule has 3 N–H and O–H groups in total. The van der Waals surface area contributed by atoms with E-state index in [9.17, 15) is 4.79 Å². The van der Waals surface area contributed by atoms with Gasteiger partial charge in [-0.25, -0.2) is 9.97 Å². The molecule has 1 amide bonds. The molecule has 0 spiro atoms. The average Bonchev–Trinajstić information content (AvgIpc) is 2.64. The van der Waals surface area contributed by atoms with Gasteiger partial charge in [-0.2, -0.15) is 0 Å². The molecular formula is C14H21N5O. The predicted molar refractivity (Wildman–Crippen MR) is 79.3 cm³/mol. The topological polar surface area (TPSA) is 85.8 Å². The summed E-state index contributed by atoms with van der Waals surface area (Å²) >= 11 is 0. The van der Waals surface area contributed by atoms with E-state index in [2.05, 4.69) is 15.3 Å². The number of nitrogens with zero attached hydrogens (tertiary/aromatic N) is 3. The van der Waals surface area contributed by atoms with Crippen LogP contribution in [0.3, 0.4) is 0 Å². The highest BCUT2D eigenvalue weighted by molar-refractivity contribution is 5.91. The number of hydrogen-bond donors (Lipinski definition) is 2. The fourth-order valence-electron chi connectivity index (χ4n) is 2.50. The van der Waals surface area contributed by atoms with Crippen molar-refractivity contribution in [3.63, 3.8) is 0 Å². The summed E-state index contributed by atoms with van der Waals surface area (Å²) in [7, 11) is 1.65. The summed E-state index contributed by atoms with van der Waals surface area (Å²) in [5.74, 6) is 0.477. The van der Waals surface area contributed by atoms with E-state index in [0.29, 0.717) is 12.4 Å². The number of carbonyl (C=O) groups is 1. The lowest BCUT2D eigenvalue weighted by Crippen LogP contribution is -2.38. The second-order valence-corrected chi connectivity index (χ2v) is 5.72. The third-order valence-electron chi connectivity index (χ3n) is 3.83. The second kappa shape index (κ2) is 4.77. The summed E-state index contributed by atoms with van der Waals surface area (Å²) in [5, 5.41) is 3.57. The van der Waals surface area contributed by atoms with Crippen molar-refractivity contribution in [1.82, 2.24) is 19.9 Å². The number of nitrogens with two attached hydrogens (primary N) is 1. The Hall–Kier alpha value is -2.11. The Morgan fingerprint density at radius 2 is 2.05 bits per heavy atom. The monoisotopic (exact) mass is 275 g/mol. The maximum atomic E-state index is 12.0. The van der Waals surface area contributed by atoms with Crippen molar-refractivity contribution in [2.75, 3.05) is 12.8 Å². The Labute approximate surface area is 118 Å². The molecule has 2 aromatic heterocycles. The SMILES string of the molecule is CNC(=O)C(C)(C)Cn1c(C)c(C)c2c(N)ncnc21. The van der Waals surface area contributed by atoms with Gasteiger partial charge in [0.15, 0.2) is 0 Å². The molecule has 0 saturated carbocycles. The van der Waals surface area contributed by atoms with Crippen LogP contribution in [-0.2, 0) is 11.3 Å². The third kappa shape index (κ3) is 2.11. The van der Waals surface area contributed by atoms with Crippen LogP contribution in [-0.4, -0.2) is 27.5 Å². The number of nitrogen functional groups attached to an aromatic ring is 1. The van der Waals surface area contributed by atoms with Crippen molar-refractivity contribution >= 4 is 22.8 Å². The van der Waals surface area contributed by atoms with Gasteiger partial charge in [-0.05, 0) is 33.3 Å². The van der Waals surface area contributed by atoms with E-state index < -0.39 is 5.41 Å². The molecule has 0 aliphatic heterocycles. The minimum Gasteiger partial charge on any atom is -0.383 e. The number of aromatic nitrogens is 3. The van der Waals surface area contributed by atoms with E-state index in [4.69, 9.17) is 5.73 Å². The zero-order chi connectivity index (χ0) is 15.1. The number of aryl methyl sites for hydroxylation is 1. The number of anilines is 1. The van der Waals surface area contributed by atoms with Crippen LogP contribution in [0.25, 0.3) is 11.0 Å². The van der Waals surface area contributed by atoms with E-state index in [-0.39, 0.29) is 5.91 Å². The molecule has 0 atom stereocenters. The highest BCUT2D eigenvalue weighted by atomic mass is 16.2. The van der Waals surface area contributed by atoms with Crippen molar-refractivity contribution in [3.8, 4) is 0 Å². The summed E-state index contributed by atoms with van der Waals surface area (Å²) in [5.41, 5.74) is 8.32. The minimum absolute atomic E-state index is 0.00145. The molecule has 0 aliphatic rings. The van der Waals surface area contributed by atoms with E-state index in [0.717, 1.165) is 22.3 Å². The molecule has 0 saturated heterocycles. The van der Waals surface area contributed by atoms with Crippen molar-refractivity contribution in [1.29, 1.82) is 0 Å². The van der Waals surface area contributed by atoms with Gasteiger partial charge in [0.25, 0.3) is 0 Å². The number of nitrogens with one attached hydrogen (secondary N) is 1. The Kier molecular flexibility index (Phi) is 3.41. The number of hydrogen-bond acceptors (Lipinski definition) is 4. The molecule has 2 aromatic rings. The van der Waals surface area contributed by atoms with Crippen LogP contribution in [0.5, 0.6) is 0 Å². The molecule has 2 heterocycles. The van der Waals surface area contributed by atoms with Crippen LogP contribution in [0.4, 0.5) is 5.82 Å². The smallest absolute Gasteiger partial charge is 0.227 e. The van der Waals surface area contributed by atoms with Crippen LogP contribution in [0, 0.1) is 19.3 Å². The van der Waals surface area contributed by atoms with E-state index in [1.54, 1.807) is 7.05 Å². The van der Waals surface area contributed by atoms with Crippen LogP contribution < -0.4 is 11.1 Å². The lowest BCUT2D eigenvalue weighted by atomic mass is 9.92. The zero-order valence-electron chi connectivity index (χ0n) is 12.6. The van der Waals surface area contributed by atoms with E-state index in [1.165, 1.54) is 6.33 Å². The fourth-order valence-corrected chi connectivity index (χ4v) is 2.50. The van der Waals surface area contributed by atoms with Gasteiger partial charge in [-0.1, -0.05) is 0 Å². The summed E-state index contributed by atoms with van der Waals surface area (Å²) in [6, 6.07) is 0. The number of rotatable bonds is 3. The largest absolute Gasteiger partial charge is 0.383 e. The average molecular weight is 275 g/mol. The Bertz CT molecular complexity index is 672. The normalized spacial score (nSPS) is 11.8. The van der Waals surface area contributed by atoms with Gasteiger partial charge >= 0.3 is 0 Å². The van der Waals surface area contributed by atoms with Crippen molar-refractivity contribution < 1.29 is 4.79 Å². The molecule has 0 unspecified atom stereocenters. The molecule has 6 nitrogen and oxygen atoms in total. The van der Waals surface area contributed by atoms with Gasteiger partial charge < -0.3 is 15.6 Å². The summed E-state index contributed by atoms with van der Waals surface area (Å²) in [6.45, 7) is 8.38. The Morgan fingerprint density at radius 3 is 2.65 bits per heavy atom. The fraction of sp³-hybridized carbons (Fsp3) is 0.500. The van der Waals surface area contributed by atoms with Gasteiger partial charge in [0.05, 0.1) is 10.8 Å². The van der Waals surface area contributed by atoms with E-state index in [1.807, 2.05) is 32.3 Å². The highest BCUT2D eigenvalue weighted by Crippen LogP contribution is 2.30. The quantitative estimate of drug-likeness (QED) is 0.886. The first-order chi connectivity index (χ1) is 9.29. The van der Waals surface area contributed by atoms with Gasteiger partial charge in [-0.3, -0.25) is 4.79 Å². The highest BCUT2D eigenvalue weighted by Gasteiger charge is 2.29. The second-order valence-electron chi connectivity index (χ2n) is 5.72. The zero-order valence-corrected chi connectivity index (χ0v) is 12.6. The molecule has 6 heteroatoms. The molecule has 108 valence electrons. The van der Waals surface area contributed by atoms with Crippen molar-refractivity contribution in [2.45, 2.75) is 34.2 Å². The lowest BCUT2D eigenvalue weighted by molar-refractivity contribution is -0.129. The van der Waals surface area contributed by atoms with Gasteiger partial charge in [-0.15, -0.1) is 0 Å². The molecule has 0 aliphatic carbocycles. The first-order valence-electron chi connectivity index (χ1n) is 6.57. The predicted octanol–water partition coefficient (Wildman–Crippen LogP) is 1.40. The first kappa shape index (κ1) is 14.3. The molecule has 0 fully saturated rings. The van der Waals surface area contributed by atoms with Crippen molar-refractivity contribution in [2.24, 2.45) is 5.41 Å². The molecule has 0 bridgehead atoms. The van der Waals surface area contributed by atoms with Crippen LogP contribution in [0.2, 0.25) is 0 Å². The number of fused-ring (bicyclic) bond motifs is 1. The Morgan fingerprint density at radius 1 is 1.40 bits per heavy atom. The maximum Gasteiger partial charge on any atom is 0.227 e. The molecule has 0 aromatic carbocycles. The van der Waals surface area contributed by atoms with Crippen LogP contribution in [0.15, 0.2) is 6.33 Å².